The fraction of sp³-hybridized carbons (Fsp3) is 0.200. The van der Waals surface area contributed by atoms with Crippen LogP contribution in [0, 0.1) is 0 Å². The molecule has 7 nitrogen and oxygen atoms in total. The Bertz CT molecular complexity index is 518. The SMILES string of the molecule is Cn1cnc(CNc2ccc(C(N)=O)cn2)n1. The average Bonchev–Trinajstić information content (AvgIpc) is 2.73. The van der Waals surface area contributed by atoms with Crippen LogP contribution in [-0.2, 0) is 13.6 Å². The number of pyridine rings is 1. The molecule has 3 N–H and O–H groups in total. The minimum Gasteiger partial charge on any atom is -0.366 e. The van der Waals surface area contributed by atoms with Crippen LogP contribution in [0.25, 0.3) is 0 Å². The topological polar surface area (TPSA) is 98.7 Å². The van der Waals surface area contributed by atoms with Crippen molar-refractivity contribution in [2.75, 3.05) is 5.32 Å². The molecule has 0 aliphatic rings. The van der Waals surface area contributed by atoms with Crippen LogP contribution in [0.15, 0.2) is 24.7 Å². The summed E-state index contributed by atoms with van der Waals surface area (Å²) in [6, 6.07) is 3.30. The molecule has 7 heteroatoms. The van der Waals surface area contributed by atoms with E-state index >= 15 is 0 Å². The van der Waals surface area contributed by atoms with Gasteiger partial charge in [-0.1, -0.05) is 0 Å². The fourth-order valence-corrected chi connectivity index (χ4v) is 1.28. The van der Waals surface area contributed by atoms with Gasteiger partial charge in [-0.2, -0.15) is 5.10 Å². The van der Waals surface area contributed by atoms with Crippen molar-refractivity contribution in [2.24, 2.45) is 12.8 Å². The molecule has 0 radical (unpaired) electrons. The molecule has 88 valence electrons. The van der Waals surface area contributed by atoms with Crippen LogP contribution >= 0.6 is 0 Å². The van der Waals surface area contributed by atoms with E-state index in [0.29, 0.717) is 23.8 Å². The van der Waals surface area contributed by atoms with E-state index < -0.39 is 5.91 Å². The second-order valence-electron chi connectivity index (χ2n) is 3.48. The van der Waals surface area contributed by atoms with Gasteiger partial charge in [-0.05, 0) is 12.1 Å². The molecule has 0 bridgehead atoms. The van der Waals surface area contributed by atoms with Gasteiger partial charge < -0.3 is 11.1 Å². The predicted octanol–water partition coefficient (Wildman–Crippen LogP) is -0.0789. The monoisotopic (exact) mass is 232 g/mol. The van der Waals surface area contributed by atoms with E-state index in [-0.39, 0.29) is 0 Å². The summed E-state index contributed by atoms with van der Waals surface area (Å²) in [4.78, 5) is 18.9. The van der Waals surface area contributed by atoms with Gasteiger partial charge in [0.05, 0.1) is 12.1 Å². The molecule has 0 fully saturated rings. The molecule has 0 unspecified atom stereocenters. The lowest BCUT2D eigenvalue weighted by atomic mass is 10.3. The average molecular weight is 232 g/mol. The van der Waals surface area contributed by atoms with Crippen molar-refractivity contribution >= 4 is 11.7 Å². The van der Waals surface area contributed by atoms with E-state index in [1.54, 1.807) is 30.2 Å². The highest BCUT2D eigenvalue weighted by molar-refractivity contribution is 5.92. The highest BCUT2D eigenvalue weighted by Crippen LogP contribution is 2.05. The summed E-state index contributed by atoms with van der Waals surface area (Å²) < 4.78 is 1.63. The number of nitrogens with one attached hydrogen (secondary N) is 1. The van der Waals surface area contributed by atoms with Crippen molar-refractivity contribution in [2.45, 2.75) is 6.54 Å². The lowest BCUT2D eigenvalue weighted by Crippen LogP contribution is -2.11. The highest BCUT2D eigenvalue weighted by Gasteiger charge is 2.02. The smallest absolute Gasteiger partial charge is 0.250 e. The quantitative estimate of drug-likeness (QED) is 0.768. The standard InChI is InChI=1S/C10H12N6O/c1-16-6-14-9(15-16)5-13-8-3-2-7(4-12-8)10(11)17/h2-4,6H,5H2,1H3,(H2,11,17)(H,12,13). The Labute approximate surface area is 97.7 Å². The van der Waals surface area contributed by atoms with Crippen molar-refractivity contribution in [3.63, 3.8) is 0 Å². The van der Waals surface area contributed by atoms with Gasteiger partial charge in [0.15, 0.2) is 5.82 Å². The zero-order valence-corrected chi connectivity index (χ0v) is 9.29. The Hall–Kier alpha value is -2.44. The van der Waals surface area contributed by atoms with Gasteiger partial charge in [0.1, 0.15) is 12.1 Å². The number of hydrogen-bond donors (Lipinski definition) is 2. The van der Waals surface area contributed by atoms with Gasteiger partial charge >= 0.3 is 0 Å². The molecule has 2 aromatic heterocycles. The first kappa shape index (κ1) is 11.1. The maximum atomic E-state index is 10.8. The number of nitrogens with two attached hydrogens (primary N) is 1. The first-order chi connectivity index (χ1) is 8.15. The largest absolute Gasteiger partial charge is 0.366 e. The van der Waals surface area contributed by atoms with Gasteiger partial charge in [0.25, 0.3) is 0 Å². The van der Waals surface area contributed by atoms with Gasteiger partial charge in [0.2, 0.25) is 5.91 Å². The molecule has 17 heavy (non-hydrogen) atoms. The lowest BCUT2D eigenvalue weighted by Gasteiger charge is -2.02. The molecule has 0 aromatic carbocycles. The van der Waals surface area contributed by atoms with Crippen LogP contribution in [0.5, 0.6) is 0 Å². The summed E-state index contributed by atoms with van der Waals surface area (Å²) in [6.45, 7) is 0.476. The van der Waals surface area contributed by atoms with Gasteiger partial charge in [-0.25, -0.2) is 9.97 Å². The van der Waals surface area contributed by atoms with Crippen LogP contribution in [0.4, 0.5) is 5.82 Å². The Kier molecular flexibility index (Phi) is 2.99. The second-order valence-corrected chi connectivity index (χ2v) is 3.48. The van der Waals surface area contributed by atoms with Crippen LogP contribution in [0.1, 0.15) is 16.2 Å². The molecule has 0 atom stereocenters. The Morgan fingerprint density at radius 2 is 2.29 bits per heavy atom. The molecule has 0 saturated carbocycles. The van der Waals surface area contributed by atoms with E-state index in [4.69, 9.17) is 5.73 Å². The normalized spacial score (nSPS) is 10.2. The van der Waals surface area contributed by atoms with E-state index in [0.717, 1.165) is 0 Å². The number of primary amides is 1. The van der Waals surface area contributed by atoms with Crippen molar-refractivity contribution in [3.05, 3.63) is 36.0 Å². The number of nitrogens with zero attached hydrogens (tertiary/aromatic N) is 4. The number of amides is 1. The Balaban J connectivity index is 1.97. The Morgan fingerprint density at radius 3 is 2.82 bits per heavy atom. The minimum atomic E-state index is -0.490. The maximum absolute atomic E-state index is 10.8. The van der Waals surface area contributed by atoms with E-state index in [9.17, 15) is 4.79 Å². The summed E-state index contributed by atoms with van der Waals surface area (Å²) in [5.41, 5.74) is 5.49. The molecular formula is C10H12N6O. The molecule has 2 heterocycles. The van der Waals surface area contributed by atoms with Crippen molar-refractivity contribution in [3.8, 4) is 0 Å². The summed E-state index contributed by atoms with van der Waals surface area (Å²) >= 11 is 0. The maximum Gasteiger partial charge on any atom is 0.250 e. The predicted molar refractivity (Wildman–Crippen MR) is 61.1 cm³/mol. The van der Waals surface area contributed by atoms with Crippen LogP contribution in [0.2, 0.25) is 0 Å². The molecule has 0 aliphatic heterocycles. The van der Waals surface area contributed by atoms with Crippen LogP contribution in [-0.4, -0.2) is 25.7 Å². The molecule has 0 saturated heterocycles. The highest BCUT2D eigenvalue weighted by atomic mass is 16.1. The molecule has 2 rings (SSSR count). The zero-order valence-electron chi connectivity index (χ0n) is 9.29. The van der Waals surface area contributed by atoms with Crippen molar-refractivity contribution in [1.29, 1.82) is 0 Å². The van der Waals surface area contributed by atoms with E-state index in [1.165, 1.54) is 6.20 Å². The lowest BCUT2D eigenvalue weighted by molar-refractivity contribution is 0.1000. The van der Waals surface area contributed by atoms with Gasteiger partial charge in [0, 0.05) is 13.2 Å². The second kappa shape index (κ2) is 4.60. The number of carbonyl (C=O) groups excluding carboxylic acids is 1. The number of anilines is 1. The third-order valence-corrected chi connectivity index (χ3v) is 2.12. The molecular weight excluding hydrogens is 220 g/mol. The molecule has 0 aliphatic carbocycles. The third-order valence-electron chi connectivity index (χ3n) is 2.12. The summed E-state index contributed by atoms with van der Waals surface area (Å²) in [5, 5.41) is 7.15. The molecule has 2 aromatic rings. The molecule has 1 amide bonds. The summed E-state index contributed by atoms with van der Waals surface area (Å²) in [7, 11) is 1.80. The van der Waals surface area contributed by atoms with Gasteiger partial charge in [-0.15, -0.1) is 0 Å². The van der Waals surface area contributed by atoms with Crippen LogP contribution < -0.4 is 11.1 Å². The third kappa shape index (κ3) is 2.77. The van der Waals surface area contributed by atoms with E-state index in [2.05, 4.69) is 20.4 Å². The first-order valence-corrected chi connectivity index (χ1v) is 4.99. The molecule has 0 spiro atoms. The van der Waals surface area contributed by atoms with Gasteiger partial charge in [-0.3, -0.25) is 9.48 Å². The summed E-state index contributed by atoms with van der Waals surface area (Å²) in [5.74, 6) is 0.825. The summed E-state index contributed by atoms with van der Waals surface area (Å²) in [6.07, 6.45) is 3.05. The van der Waals surface area contributed by atoms with E-state index in [1.807, 2.05) is 0 Å². The zero-order chi connectivity index (χ0) is 12.3. The fourth-order valence-electron chi connectivity index (χ4n) is 1.28. The van der Waals surface area contributed by atoms with Crippen LogP contribution in [0.3, 0.4) is 0 Å². The Morgan fingerprint density at radius 1 is 1.47 bits per heavy atom. The van der Waals surface area contributed by atoms with Crippen molar-refractivity contribution < 1.29 is 4.79 Å². The number of rotatable bonds is 4. The number of carbonyl (C=O) groups is 1. The van der Waals surface area contributed by atoms with Crippen molar-refractivity contribution in [1.82, 2.24) is 19.7 Å². The number of hydrogen-bond acceptors (Lipinski definition) is 5. The number of aromatic nitrogens is 4. The minimum absolute atomic E-state index is 0.381. The first-order valence-electron chi connectivity index (χ1n) is 4.99. The number of aryl methyl sites for hydroxylation is 1.